The molecule has 0 aliphatic carbocycles. The number of nitrogens with zero attached hydrogens (tertiary/aromatic N) is 4. The Morgan fingerprint density at radius 1 is 1.22 bits per heavy atom. The van der Waals surface area contributed by atoms with Crippen LogP contribution >= 0.6 is 0 Å². The number of aromatic nitrogens is 2. The fourth-order valence-corrected chi connectivity index (χ4v) is 2.85. The van der Waals surface area contributed by atoms with Crippen molar-refractivity contribution >= 4 is 11.5 Å². The molecule has 0 spiro atoms. The van der Waals surface area contributed by atoms with E-state index in [9.17, 15) is 4.39 Å². The normalized spacial score (nSPS) is 15.3. The Morgan fingerprint density at radius 3 is 2.70 bits per heavy atom. The molecule has 0 unspecified atom stereocenters. The van der Waals surface area contributed by atoms with Gasteiger partial charge in [0.15, 0.2) is 0 Å². The van der Waals surface area contributed by atoms with Gasteiger partial charge in [0.25, 0.3) is 0 Å². The molecule has 1 aliphatic rings. The van der Waals surface area contributed by atoms with Crippen molar-refractivity contribution < 1.29 is 4.39 Å². The third kappa shape index (κ3) is 3.75. The number of nitriles is 1. The maximum atomic E-state index is 13.6. The lowest BCUT2D eigenvalue weighted by Gasteiger charge is -2.34. The Morgan fingerprint density at radius 2 is 2.00 bits per heavy atom. The summed E-state index contributed by atoms with van der Waals surface area (Å²) in [6, 6.07) is 8.76. The minimum atomic E-state index is -0.365. The first-order valence-electron chi connectivity index (χ1n) is 7.65. The number of halogens is 1. The highest BCUT2D eigenvalue weighted by Gasteiger charge is 2.20. The molecule has 1 aromatic carbocycles. The van der Waals surface area contributed by atoms with Crippen molar-refractivity contribution in [1.82, 2.24) is 9.97 Å². The van der Waals surface area contributed by atoms with Gasteiger partial charge in [-0.2, -0.15) is 5.26 Å². The molecular formula is C17H18FN5. The number of benzene rings is 1. The topological polar surface area (TPSA) is 64.8 Å². The summed E-state index contributed by atoms with van der Waals surface area (Å²) in [7, 11) is 0. The lowest BCUT2D eigenvalue weighted by molar-refractivity contribution is 0.524. The van der Waals surface area contributed by atoms with Crippen LogP contribution in [-0.4, -0.2) is 29.1 Å². The fraction of sp³-hybridized carbons (Fsp3) is 0.353. The van der Waals surface area contributed by atoms with Gasteiger partial charge in [0.2, 0.25) is 0 Å². The van der Waals surface area contributed by atoms with E-state index in [2.05, 4.69) is 20.2 Å². The molecule has 1 aliphatic heterocycles. The first-order valence-corrected chi connectivity index (χ1v) is 7.65. The number of nitrogens with one attached hydrogen (secondary N) is 1. The molecule has 0 atom stereocenters. The second-order valence-electron chi connectivity index (χ2n) is 5.76. The summed E-state index contributed by atoms with van der Waals surface area (Å²) in [5, 5.41) is 12.4. The molecule has 0 bridgehead atoms. The molecule has 0 radical (unpaired) electrons. The van der Waals surface area contributed by atoms with Gasteiger partial charge in [-0.1, -0.05) is 0 Å². The number of piperidine rings is 1. The van der Waals surface area contributed by atoms with Crippen molar-refractivity contribution in [2.75, 3.05) is 23.3 Å². The summed E-state index contributed by atoms with van der Waals surface area (Å²) < 4.78 is 13.6. The number of hydrogen-bond acceptors (Lipinski definition) is 5. The standard InChI is InChI=1S/C17H18FN5/c1-12-6-17(21-11-20-12)22-15-2-4-23(5-3-15)16-8-13(10-19)7-14(18)9-16/h6-9,11,15H,2-5H2,1H3,(H,20,21,22). The molecule has 3 rings (SSSR count). The minimum absolute atomic E-state index is 0.338. The zero-order valence-corrected chi connectivity index (χ0v) is 13.0. The van der Waals surface area contributed by atoms with E-state index in [4.69, 9.17) is 5.26 Å². The maximum absolute atomic E-state index is 13.6. The fourth-order valence-electron chi connectivity index (χ4n) is 2.85. The highest BCUT2D eigenvalue weighted by molar-refractivity contribution is 5.52. The molecule has 2 aromatic rings. The van der Waals surface area contributed by atoms with Gasteiger partial charge in [0.05, 0.1) is 11.6 Å². The van der Waals surface area contributed by atoms with Crippen LogP contribution in [0.1, 0.15) is 24.1 Å². The zero-order chi connectivity index (χ0) is 16.2. The smallest absolute Gasteiger partial charge is 0.129 e. The summed E-state index contributed by atoms with van der Waals surface area (Å²) in [6.07, 6.45) is 3.42. The van der Waals surface area contributed by atoms with Gasteiger partial charge in [-0.25, -0.2) is 14.4 Å². The quantitative estimate of drug-likeness (QED) is 0.944. The Kier molecular flexibility index (Phi) is 4.38. The van der Waals surface area contributed by atoms with Crippen LogP contribution < -0.4 is 10.2 Å². The molecule has 23 heavy (non-hydrogen) atoms. The van der Waals surface area contributed by atoms with E-state index in [-0.39, 0.29) is 5.82 Å². The Bertz CT molecular complexity index is 732. The van der Waals surface area contributed by atoms with E-state index in [0.717, 1.165) is 43.1 Å². The van der Waals surface area contributed by atoms with Crippen LogP contribution in [0, 0.1) is 24.1 Å². The van der Waals surface area contributed by atoms with Gasteiger partial charge in [-0.3, -0.25) is 0 Å². The zero-order valence-electron chi connectivity index (χ0n) is 13.0. The van der Waals surface area contributed by atoms with Crippen molar-refractivity contribution in [3.8, 4) is 6.07 Å². The summed E-state index contributed by atoms with van der Waals surface area (Å²) in [4.78, 5) is 10.4. The van der Waals surface area contributed by atoms with Crippen molar-refractivity contribution in [3.63, 3.8) is 0 Å². The van der Waals surface area contributed by atoms with Gasteiger partial charge in [-0.15, -0.1) is 0 Å². The molecule has 118 valence electrons. The molecule has 1 saturated heterocycles. The largest absolute Gasteiger partial charge is 0.371 e. The lowest BCUT2D eigenvalue weighted by Crippen LogP contribution is -2.39. The van der Waals surface area contributed by atoms with Gasteiger partial charge in [-0.05, 0) is 38.0 Å². The highest BCUT2D eigenvalue weighted by atomic mass is 19.1. The number of hydrogen-bond donors (Lipinski definition) is 1. The SMILES string of the molecule is Cc1cc(NC2CCN(c3cc(F)cc(C#N)c3)CC2)ncn1. The summed E-state index contributed by atoms with van der Waals surface area (Å²) in [6.45, 7) is 3.57. The van der Waals surface area contributed by atoms with Crippen molar-refractivity contribution in [1.29, 1.82) is 5.26 Å². The van der Waals surface area contributed by atoms with Crippen molar-refractivity contribution in [2.24, 2.45) is 0 Å². The van der Waals surface area contributed by atoms with Crippen LogP contribution in [-0.2, 0) is 0 Å². The first-order chi connectivity index (χ1) is 11.1. The van der Waals surface area contributed by atoms with E-state index in [1.807, 2.05) is 19.1 Å². The Balaban J connectivity index is 1.62. The number of rotatable bonds is 3. The van der Waals surface area contributed by atoms with E-state index in [1.54, 1.807) is 12.4 Å². The molecular weight excluding hydrogens is 293 g/mol. The maximum Gasteiger partial charge on any atom is 0.129 e. The molecule has 1 N–H and O–H groups in total. The van der Waals surface area contributed by atoms with Gasteiger partial charge in [0, 0.05) is 36.6 Å². The Hall–Kier alpha value is -2.68. The van der Waals surface area contributed by atoms with Gasteiger partial charge >= 0.3 is 0 Å². The van der Waals surface area contributed by atoms with Crippen molar-refractivity contribution in [3.05, 3.63) is 47.7 Å². The summed E-state index contributed by atoms with van der Waals surface area (Å²) >= 11 is 0. The molecule has 0 amide bonds. The van der Waals surface area contributed by atoms with E-state index < -0.39 is 0 Å². The average molecular weight is 311 g/mol. The molecule has 5 nitrogen and oxygen atoms in total. The van der Waals surface area contributed by atoms with Gasteiger partial charge in [0.1, 0.15) is 18.0 Å². The number of aryl methyl sites for hydroxylation is 1. The first kappa shape index (κ1) is 15.2. The predicted molar refractivity (Wildman–Crippen MR) is 86.7 cm³/mol. The Labute approximate surface area is 134 Å². The van der Waals surface area contributed by atoms with E-state index in [1.165, 1.54) is 12.1 Å². The second-order valence-corrected chi connectivity index (χ2v) is 5.76. The van der Waals surface area contributed by atoms with E-state index >= 15 is 0 Å². The third-order valence-electron chi connectivity index (χ3n) is 4.03. The van der Waals surface area contributed by atoms with Crippen LogP contribution in [0.2, 0.25) is 0 Å². The molecule has 0 saturated carbocycles. The van der Waals surface area contributed by atoms with Crippen LogP contribution in [0.4, 0.5) is 15.9 Å². The third-order valence-corrected chi connectivity index (χ3v) is 4.03. The van der Waals surface area contributed by atoms with Crippen molar-refractivity contribution in [2.45, 2.75) is 25.8 Å². The summed E-state index contributed by atoms with van der Waals surface area (Å²) in [5.74, 6) is 0.476. The molecule has 6 heteroatoms. The molecule has 2 heterocycles. The second kappa shape index (κ2) is 6.61. The van der Waals surface area contributed by atoms with E-state index in [0.29, 0.717) is 11.6 Å². The van der Waals surface area contributed by atoms with Gasteiger partial charge < -0.3 is 10.2 Å². The average Bonchev–Trinajstić information content (AvgIpc) is 2.55. The minimum Gasteiger partial charge on any atom is -0.371 e. The van der Waals surface area contributed by atoms with Crippen LogP contribution in [0.15, 0.2) is 30.6 Å². The van der Waals surface area contributed by atoms with Crippen LogP contribution in [0.5, 0.6) is 0 Å². The lowest BCUT2D eigenvalue weighted by atomic mass is 10.0. The van der Waals surface area contributed by atoms with Crippen LogP contribution in [0.3, 0.4) is 0 Å². The predicted octanol–water partition coefficient (Wildman–Crippen LogP) is 2.88. The highest BCUT2D eigenvalue weighted by Crippen LogP contribution is 2.23. The monoisotopic (exact) mass is 311 g/mol. The molecule has 1 fully saturated rings. The summed E-state index contributed by atoms with van der Waals surface area (Å²) in [5.41, 5.74) is 2.07. The van der Waals surface area contributed by atoms with Crippen LogP contribution in [0.25, 0.3) is 0 Å². The number of anilines is 2. The molecule has 1 aromatic heterocycles.